The van der Waals surface area contributed by atoms with Crippen molar-refractivity contribution in [3.8, 4) is 0 Å². The third-order valence-electron chi connectivity index (χ3n) is 0.875. The summed E-state index contributed by atoms with van der Waals surface area (Å²) in [6, 6.07) is 0. The Hall–Kier alpha value is 0.530. The van der Waals surface area contributed by atoms with Gasteiger partial charge in [0, 0.05) is 0 Å². The van der Waals surface area contributed by atoms with E-state index in [-0.39, 0.29) is 0 Å². The summed E-state index contributed by atoms with van der Waals surface area (Å²) in [5, 5.41) is 0. The number of hydrogen-bond acceptors (Lipinski definition) is 4. The van der Waals surface area contributed by atoms with E-state index in [1.54, 1.807) is 0 Å². The highest BCUT2D eigenvalue weighted by Crippen LogP contribution is 2.46. The molecule has 0 aromatic rings. The van der Waals surface area contributed by atoms with Gasteiger partial charge >= 0.3 is 0 Å². The van der Waals surface area contributed by atoms with E-state index < -0.39 is 6.49 Å². The van der Waals surface area contributed by atoms with Crippen LogP contribution in [0.2, 0.25) is 0 Å². The zero-order valence-corrected chi connectivity index (χ0v) is 8.08. The highest BCUT2D eigenvalue weighted by Gasteiger charge is 2.13. The van der Waals surface area contributed by atoms with Crippen LogP contribution in [0.15, 0.2) is 0 Å². The lowest BCUT2D eigenvalue weighted by Gasteiger charge is -2.18. The molecule has 62 valence electrons. The van der Waals surface area contributed by atoms with Gasteiger partial charge in [-0.05, 0) is 25.7 Å². The fourth-order valence-corrected chi connectivity index (χ4v) is 2.24. The Kier molecular flexibility index (Phi) is 5.49. The molecule has 0 aliphatic heterocycles. The minimum absolute atomic E-state index is 0.323. The monoisotopic (exact) mass is 183 g/mol. The van der Waals surface area contributed by atoms with Gasteiger partial charge in [0.25, 0.3) is 0 Å². The van der Waals surface area contributed by atoms with Crippen molar-refractivity contribution in [1.82, 2.24) is 0 Å². The minimum atomic E-state index is -2.09. The second-order valence-corrected chi connectivity index (χ2v) is 5.40. The summed E-state index contributed by atoms with van der Waals surface area (Å²) >= 11 is 5.04. The van der Waals surface area contributed by atoms with Crippen molar-refractivity contribution >= 4 is 18.3 Å². The molecular weight excluding hydrogens is 169 g/mol. The smallest absolute Gasteiger partial charge is 0.202 e. The van der Waals surface area contributed by atoms with Gasteiger partial charge in [0.05, 0.1) is 19.5 Å². The van der Waals surface area contributed by atoms with Crippen LogP contribution in [-0.2, 0) is 20.9 Å². The van der Waals surface area contributed by atoms with Crippen molar-refractivity contribution in [2.75, 3.05) is 19.5 Å². The molecule has 0 bridgehead atoms. The van der Waals surface area contributed by atoms with Crippen LogP contribution in [0.3, 0.4) is 0 Å². The van der Waals surface area contributed by atoms with E-state index >= 15 is 0 Å². The molecule has 0 saturated heterocycles. The largest absolute Gasteiger partial charge is 0.329 e. The molecule has 10 heavy (non-hydrogen) atoms. The molecule has 0 saturated carbocycles. The third kappa shape index (κ3) is 3.64. The fourth-order valence-electron chi connectivity index (χ4n) is 0.536. The summed E-state index contributed by atoms with van der Waals surface area (Å²) in [5.74, 6) is 0. The summed E-state index contributed by atoms with van der Waals surface area (Å²) < 4.78 is 10.4. The Bertz CT molecular complexity index is 121. The van der Waals surface area contributed by atoms with E-state index in [0.29, 0.717) is 19.5 Å². The average Bonchev–Trinajstić information content (AvgIpc) is 1.89. The van der Waals surface area contributed by atoms with Gasteiger partial charge in [-0.2, -0.15) is 0 Å². The fraction of sp³-hybridized carbons (Fsp3) is 1.00. The van der Waals surface area contributed by atoms with Crippen molar-refractivity contribution < 1.29 is 9.05 Å². The summed E-state index contributed by atoms with van der Waals surface area (Å²) in [7, 11) is 0. The number of nitrogens with two attached hydrogens (primary N) is 1. The van der Waals surface area contributed by atoms with Crippen LogP contribution in [0.4, 0.5) is 0 Å². The van der Waals surface area contributed by atoms with E-state index in [9.17, 15) is 0 Å². The van der Waals surface area contributed by atoms with E-state index in [1.807, 2.05) is 13.8 Å². The van der Waals surface area contributed by atoms with E-state index in [2.05, 4.69) is 0 Å². The Labute approximate surface area is 67.1 Å². The molecule has 0 heterocycles. The van der Waals surface area contributed by atoms with Gasteiger partial charge in [-0.3, -0.25) is 0 Å². The minimum Gasteiger partial charge on any atom is -0.329 e. The maximum atomic E-state index is 5.37. The van der Waals surface area contributed by atoms with Gasteiger partial charge in [0.2, 0.25) is 6.49 Å². The van der Waals surface area contributed by atoms with Crippen molar-refractivity contribution in [2.45, 2.75) is 13.8 Å². The molecule has 3 nitrogen and oxygen atoms in total. The van der Waals surface area contributed by atoms with E-state index in [0.717, 1.165) is 0 Å². The Balaban J connectivity index is 3.83. The zero-order valence-electron chi connectivity index (χ0n) is 6.37. The van der Waals surface area contributed by atoms with Crippen molar-refractivity contribution in [3.05, 3.63) is 0 Å². The van der Waals surface area contributed by atoms with Gasteiger partial charge in [0.15, 0.2) is 0 Å². The number of rotatable bonds is 5. The van der Waals surface area contributed by atoms with Crippen LogP contribution in [0.1, 0.15) is 13.8 Å². The van der Waals surface area contributed by atoms with E-state index in [4.69, 9.17) is 26.6 Å². The highest BCUT2D eigenvalue weighted by molar-refractivity contribution is 8.09. The van der Waals surface area contributed by atoms with Crippen LogP contribution < -0.4 is 5.73 Å². The molecule has 0 aromatic carbocycles. The van der Waals surface area contributed by atoms with Crippen molar-refractivity contribution in [1.29, 1.82) is 0 Å². The first kappa shape index (κ1) is 10.5. The van der Waals surface area contributed by atoms with E-state index in [1.165, 1.54) is 0 Å². The van der Waals surface area contributed by atoms with Crippen LogP contribution in [0, 0.1) is 0 Å². The van der Waals surface area contributed by atoms with Gasteiger partial charge in [-0.15, -0.1) is 0 Å². The molecule has 0 atom stereocenters. The summed E-state index contributed by atoms with van der Waals surface area (Å²) in [5.41, 5.74) is 5.37. The third-order valence-corrected chi connectivity index (χ3v) is 3.71. The summed E-state index contributed by atoms with van der Waals surface area (Å²) in [6.07, 6.45) is 0.323. The molecule has 5 heteroatoms. The first-order chi connectivity index (χ1) is 4.68. The highest BCUT2D eigenvalue weighted by atomic mass is 32.5. The number of hydrogen-bond donors (Lipinski definition) is 1. The molecule has 0 fully saturated rings. The maximum Gasteiger partial charge on any atom is 0.202 e. The normalized spacial score (nSPS) is 11.9. The van der Waals surface area contributed by atoms with Gasteiger partial charge in [-0.25, -0.2) is 0 Å². The SMILES string of the molecule is CCOP(=S)(CN)OCC. The van der Waals surface area contributed by atoms with Gasteiger partial charge in [-0.1, -0.05) is 0 Å². The lowest BCUT2D eigenvalue weighted by Crippen LogP contribution is -2.06. The zero-order chi connectivity index (χ0) is 8.04. The van der Waals surface area contributed by atoms with Gasteiger partial charge in [0.1, 0.15) is 0 Å². The van der Waals surface area contributed by atoms with Crippen molar-refractivity contribution in [2.24, 2.45) is 5.73 Å². The van der Waals surface area contributed by atoms with Crippen LogP contribution in [0.25, 0.3) is 0 Å². The predicted molar refractivity (Wildman–Crippen MR) is 46.6 cm³/mol. The second-order valence-electron chi connectivity index (χ2n) is 1.63. The first-order valence-corrected chi connectivity index (χ1v) is 6.09. The lowest BCUT2D eigenvalue weighted by atomic mass is 10.9. The Morgan fingerprint density at radius 2 is 1.70 bits per heavy atom. The molecule has 0 aliphatic carbocycles. The Morgan fingerprint density at radius 1 is 1.30 bits per heavy atom. The molecule has 0 unspecified atom stereocenters. The topological polar surface area (TPSA) is 44.5 Å². The first-order valence-electron chi connectivity index (χ1n) is 3.26. The standard InChI is InChI=1S/C5H14NO2PS/c1-3-7-9(10,5-6)8-4-2/h3-6H2,1-2H3. The molecule has 0 amide bonds. The van der Waals surface area contributed by atoms with Crippen LogP contribution in [-0.4, -0.2) is 19.5 Å². The molecular formula is C5H14NO2PS. The second kappa shape index (κ2) is 5.22. The molecule has 0 aromatic heterocycles. The van der Waals surface area contributed by atoms with Crippen molar-refractivity contribution in [3.63, 3.8) is 0 Å². The molecule has 0 aliphatic rings. The predicted octanol–water partition coefficient (Wildman–Crippen LogP) is 1.29. The van der Waals surface area contributed by atoms with Crippen LogP contribution >= 0.6 is 6.49 Å². The summed E-state index contributed by atoms with van der Waals surface area (Å²) in [6.45, 7) is 2.84. The Morgan fingerprint density at radius 3 is 1.90 bits per heavy atom. The molecule has 2 N–H and O–H groups in total. The molecule has 0 rings (SSSR count). The summed E-state index contributed by atoms with van der Waals surface area (Å²) in [4.78, 5) is 0. The molecule has 0 radical (unpaired) electrons. The maximum absolute atomic E-state index is 5.37. The van der Waals surface area contributed by atoms with Gasteiger partial charge < -0.3 is 14.8 Å². The average molecular weight is 183 g/mol. The lowest BCUT2D eigenvalue weighted by molar-refractivity contribution is 0.267. The molecule has 0 spiro atoms. The quantitative estimate of drug-likeness (QED) is 0.652. The van der Waals surface area contributed by atoms with Crippen LogP contribution in [0.5, 0.6) is 0 Å².